The molecule has 1 heterocycles. The van der Waals surface area contributed by atoms with Crippen LogP contribution in [0.15, 0.2) is 0 Å². The number of rotatable bonds is 18. The minimum Gasteiger partial charge on any atom is -0.368 e. The van der Waals surface area contributed by atoms with E-state index in [1.807, 2.05) is 5.06 Å². The normalized spacial score (nSPS) is 16.2. The summed E-state index contributed by atoms with van der Waals surface area (Å²) in [5.74, 6) is 0.425. The predicted molar refractivity (Wildman–Crippen MR) is 120 cm³/mol. The molecule has 0 bridgehead atoms. The lowest BCUT2D eigenvalue weighted by Crippen LogP contribution is -2.32. The first-order chi connectivity index (χ1) is 13.7. The molecule has 3 nitrogen and oxygen atoms in total. The van der Waals surface area contributed by atoms with Crippen molar-refractivity contribution in [2.45, 2.75) is 136 Å². The summed E-state index contributed by atoms with van der Waals surface area (Å²) in [6.07, 6.45) is 24.9. The minimum atomic E-state index is -0.0280. The Bertz CT molecular complexity index is 352. The van der Waals surface area contributed by atoms with Gasteiger partial charge in [-0.2, -0.15) is 0 Å². The average molecular weight is 396 g/mol. The molecule has 166 valence electrons. The number of hydrogen-bond acceptors (Lipinski definition) is 3. The van der Waals surface area contributed by atoms with Crippen LogP contribution in [0.3, 0.4) is 0 Å². The first-order valence-electron chi connectivity index (χ1n) is 12.7. The fraction of sp³-hybridized carbons (Fsp3) is 0.960. The predicted octanol–water partition coefficient (Wildman–Crippen LogP) is 7.83. The molecule has 0 aromatic rings. The highest BCUT2D eigenvalue weighted by Gasteiger charge is 2.17. The SMILES string of the molecule is CCCCCCCCCCCCCCCCC(C)CC(=O)ON1CCCCC1. The molecule has 0 radical (unpaired) electrons. The van der Waals surface area contributed by atoms with Gasteiger partial charge in [0.15, 0.2) is 0 Å². The van der Waals surface area contributed by atoms with Crippen molar-refractivity contribution in [2.75, 3.05) is 13.1 Å². The van der Waals surface area contributed by atoms with Crippen LogP contribution in [-0.2, 0) is 9.63 Å². The summed E-state index contributed by atoms with van der Waals surface area (Å²) in [6, 6.07) is 0. The largest absolute Gasteiger partial charge is 0.368 e. The van der Waals surface area contributed by atoms with E-state index in [1.54, 1.807) is 0 Å². The molecule has 0 spiro atoms. The van der Waals surface area contributed by atoms with Crippen molar-refractivity contribution in [1.29, 1.82) is 0 Å². The number of unbranched alkanes of at least 4 members (excludes halogenated alkanes) is 13. The van der Waals surface area contributed by atoms with Crippen LogP contribution >= 0.6 is 0 Å². The Morgan fingerprint density at radius 2 is 1.21 bits per heavy atom. The molecule has 1 unspecified atom stereocenters. The van der Waals surface area contributed by atoms with E-state index in [-0.39, 0.29) is 5.97 Å². The van der Waals surface area contributed by atoms with Crippen LogP contribution in [0, 0.1) is 5.92 Å². The van der Waals surface area contributed by atoms with E-state index in [0.717, 1.165) is 32.4 Å². The molecule has 1 rings (SSSR count). The van der Waals surface area contributed by atoms with Crippen molar-refractivity contribution in [3.8, 4) is 0 Å². The molecule has 1 aliphatic rings. The fourth-order valence-electron chi connectivity index (χ4n) is 4.21. The van der Waals surface area contributed by atoms with E-state index in [4.69, 9.17) is 4.84 Å². The van der Waals surface area contributed by atoms with Crippen LogP contribution < -0.4 is 0 Å². The molecule has 3 heteroatoms. The van der Waals surface area contributed by atoms with Crippen LogP contribution in [0.4, 0.5) is 0 Å². The molecule has 1 aliphatic heterocycles. The van der Waals surface area contributed by atoms with Crippen LogP contribution in [0.25, 0.3) is 0 Å². The van der Waals surface area contributed by atoms with Crippen LogP contribution in [0.5, 0.6) is 0 Å². The van der Waals surface area contributed by atoms with Gasteiger partial charge in [-0.1, -0.05) is 117 Å². The molecule has 0 aliphatic carbocycles. The molecular formula is C25H49NO2. The van der Waals surface area contributed by atoms with E-state index in [1.165, 1.54) is 96.3 Å². The Labute approximate surface area is 175 Å². The lowest BCUT2D eigenvalue weighted by Gasteiger charge is -2.25. The minimum absolute atomic E-state index is 0.0280. The molecule has 0 amide bonds. The van der Waals surface area contributed by atoms with Crippen molar-refractivity contribution in [2.24, 2.45) is 5.92 Å². The van der Waals surface area contributed by atoms with Gasteiger partial charge in [0, 0.05) is 19.5 Å². The van der Waals surface area contributed by atoms with E-state index in [9.17, 15) is 4.79 Å². The van der Waals surface area contributed by atoms with Gasteiger partial charge in [-0.15, -0.1) is 5.06 Å². The second kappa shape index (κ2) is 18.5. The maximum atomic E-state index is 12.0. The van der Waals surface area contributed by atoms with Crippen molar-refractivity contribution >= 4 is 5.97 Å². The van der Waals surface area contributed by atoms with Crippen molar-refractivity contribution < 1.29 is 9.63 Å². The summed E-state index contributed by atoms with van der Waals surface area (Å²) in [5, 5.41) is 1.87. The topological polar surface area (TPSA) is 29.5 Å². The number of piperidine rings is 1. The van der Waals surface area contributed by atoms with Gasteiger partial charge in [0.25, 0.3) is 0 Å². The highest BCUT2D eigenvalue weighted by atomic mass is 16.7. The van der Waals surface area contributed by atoms with E-state index < -0.39 is 0 Å². The van der Waals surface area contributed by atoms with Gasteiger partial charge in [-0.3, -0.25) is 4.79 Å². The zero-order valence-corrected chi connectivity index (χ0v) is 19.2. The lowest BCUT2D eigenvalue weighted by molar-refractivity contribution is -0.195. The van der Waals surface area contributed by atoms with Crippen LogP contribution in [-0.4, -0.2) is 24.1 Å². The third-order valence-electron chi connectivity index (χ3n) is 6.11. The van der Waals surface area contributed by atoms with Gasteiger partial charge in [-0.05, 0) is 18.8 Å². The summed E-state index contributed by atoms with van der Waals surface area (Å²) in [6.45, 7) is 6.31. The van der Waals surface area contributed by atoms with Crippen LogP contribution in [0.2, 0.25) is 0 Å². The van der Waals surface area contributed by atoms with E-state index >= 15 is 0 Å². The highest BCUT2D eigenvalue weighted by Crippen LogP contribution is 2.17. The zero-order chi connectivity index (χ0) is 20.3. The number of carbonyl (C=O) groups is 1. The maximum Gasteiger partial charge on any atom is 0.325 e. The van der Waals surface area contributed by atoms with Gasteiger partial charge < -0.3 is 4.84 Å². The Balaban J connectivity index is 1.80. The fourth-order valence-corrected chi connectivity index (χ4v) is 4.21. The van der Waals surface area contributed by atoms with Gasteiger partial charge in [0.1, 0.15) is 0 Å². The summed E-state index contributed by atoms with van der Waals surface area (Å²) < 4.78 is 0. The number of hydroxylamine groups is 2. The molecule has 0 saturated carbocycles. The Morgan fingerprint density at radius 3 is 1.71 bits per heavy atom. The molecule has 1 atom stereocenters. The van der Waals surface area contributed by atoms with Crippen LogP contribution in [0.1, 0.15) is 136 Å². The van der Waals surface area contributed by atoms with Gasteiger partial charge in [0.05, 0.1) is 0 Å². The second-order valence-electron chi connectivity index (χ2n) is 9.15. The smallest absolute Gasteiger partial charge is 0.325 e. The first-order valence-corrected chi connectivity index (χ1v) is 12.7. The summed E-state index contributed by atoms with van der Waals surface area (Å²) in [5.41, 5.74) is 0. The quantitative estimate of drug-likeness (QED) is 0.221. The van der Waals surface area contributed by atoms with Gasteiger partial charge >= 0.3 is 5.97 Å². The summed E-state index contributed by atoms with van der Waals surface area (Å²) in [7, 11) is 0. The van der Waals surface area contributed by atoms with E-state index in [2.05, 4.69) is 13.8 Å². The molecule has 0 aromatic carbocycles. The second-order valence-corrected chi connectivity index (χ2v) is 9.15. The molecule has 0 N–H and O–H groups in total. The monoisotopic (exact) mass is 395 g/mol. The number of hydrogen-bond donors (Lipinski definition) is 0. The van der Waals surface area contributed by atoms with Crippen molar-refractivity contribution in [1.82, 2.24) is 5.06 Å². The summed E-state index contributed by atoms with van der Waals surface area (Å²) >= 11 is 0. The third kappa shape index (κ3) is 15.4. The van der Waals surface area contributed by atoms with Crippen molar-refractivity contribution in [3.63, 3.8) is 0 Å². The van der Waals surface area contributed by atoms with Gasteiger partial charge in [-0.25, -0.2) is 0 Å². The van der Waals surface area contributed by atoms with Gasteiger partial charge in [0.2, 0.25) is 0 Å². The first kappa shape index (κ1) is 25.5. The Hall–Kier alpha value is -0.570. The van der Waals surface area contributed by atoms with Crippen molar-refractivity contribution in [3.05, 3.63) is 0 Å². The standard InChI is InChI=1S/C25H49NO2/c1-3-4-5-6-7-8-9-10-11-12-13-14-15-17-20-24(2)23-25(27)28-26-21-18-16-19-22-26/h24H,3-23H2,1-2H3. The lowest BCUT2D eigenvalue weighted by atomic mass is 9.99. The molecule has 1 fully saturated rings. The molecule has 0 aromatic heterocycles. The molecule has 28 heavy (non-hydrogen) atoms. The molecule has 1 saturated heterocycles. The Kier molecular flexibility index (Phi) is 16.8. The Morgan fingerprint density at radius 1 is 0.750 bits per heavy atom. The number of carbonyl (C=O) groups excluding carboxylic acids is 1. The molecular weight excluding hydrogens is 346 g/mol. The summed E-state index contributed by atoms with van der Waals surface area (Å²) in [4.78, 5) is 17.5. The third-order valence-corrected chi connectivity index (χ3v) is 6.11. The maximum absolute atomic E-state index is 12.0. The average Bonchev–Trinajstić information content (AvgIpc) is 2.69. The highest BCUT2D eigenvalue weighted by molar-refractivity contribution is 5.69. The van der Waals surface area contributed by atoms with E-state index in [0.29, 0.717) is 12.3 Å². The zero-order valence-electron chi connectivity index (χ0n) is 19.2. The number of nitrogens with zero attached hydrogens (tertiary/aromatic N) is 1.